The summed E-state index contributed by atoms with van der Waals surface area (Å²) < 4.78 is 11.8. The molecular formula is C58H35N3OS2. The lowest BCUT2D eigenvalue weighted by Gasteiger charge is -2.20. The summed E-state index contributed by atoms with van der Waals surface area (Å²) in [5, 5.41) is 9.84. The molecule has 1 aliphatic carbocycles. The van der Waals surface area contributed by atoms with Gasteiger partial charge in [-0.1, -0.05) is 133 Å². The van der Waals surface area contributed by atoms with Crippen LogP contribution in [0.4, 0.5) is 0 Å². The smallest absolute Gasteiger partial charge is 0.164 e. The van der Waals surface area contributed by atoms with Crippen molar-refractivity contribution in [2.24, 2.45) is 0 Å². The third-order valence-electron chi connectivity index (χ3n) is 13.4. The van der Waals surface area contributed by atoms with E-state index in [2.05, 4.69) is 182 Å². The number of fused-ring (bicyclic) bond motifs is 13. The predicted octanol–water partition coefficient (Wildman–Crippen LogP) is 16.4. The molecule has 0 N–H and O–H groups in total. The maximum Gasteiger partial charge on any atom is 0.164 e. The van der Waals surface area contributed by atoms with Crippen LogP contribution in [0.5, 0.6) is 0 Å². The van der Waals surface area contributed by atoms with Crippen LogP contribution in [0.15, 0.2) is 186 Å². The summed E-state index contributed by atoms with van der Waals surface area (Å²) in [6, 6.07) is 66.0. The molecule has 1 aliphatic rings. The molecular weight excluding hydrogens is 819 g/mol. The minimum absolute atomic E-state index is 0.0849. The van der Waals surface area contributed by atoms with E-state index in [9.17, 15) is 0 Å². The van der Waals surface area contributed by atoms with Gasteiger partial charge in [0.2, 0.25) is 0 Å². The highest BCUT2D eigenvalue weighted by Crippen LogP contribution is 2.47. The van der Waals surface area contributed by atoms with Crippen molar-refractivity contribution < 1.29 is 4.42 Å². The molecule has 0 amide bonds. The number of furan rings is 1. The molecule has 13 aromatic rings. The maximum atomic E-state index is 6.79. The van der Waals surface area contributed by atoms with E-state index in [0.717, 1.165) is 51.5 Å². The van der Waals surface area contributed by atoms with Crippen molar-refractivity contribution in [3.05, 3.63) is 199 Å². The molecule has 4 heterocycles. The SMILES string of the molecule is c1ccc2c(c1)-c1cc3ccccc3cc1CCC2c1cc(-c2nc(-c3ccc4c(c3)sc3ccccc34)nc(-c3ccc4c(c3)sc3ccccc34)n2)cc2oc3ccccc3c12. The molecule has 0 bridgehead atoms. The van der Waals surface area contributed by atoms with Gasteiger partial charge in [0.1, 0.15) is 11.2 Å². The fourth-order valence-electron chi connectivity index (χ4n) is 10.4. The van der Waals surface area contributed by atoms with E-state index in [0.29, 0.717) is 17.5 Å². The number of benzene rings is 9. The van der Waals surface area contributed by atoms with Gasteiger partial charge in [0.25, 0.3) is 0 Å². The van der Waals surface area contributed by atoms with Gasteiger partial charge >= 0.3 is 0 Å². The lowest BCUT2D eigenvalue weighted by Crippen LogP contribution is -2.05. The average Bonchev–Trinajstić information content (AvgIpc) is 4.01. The summed E-state index contributed by atoms with van der Waals surface area (Å²) in [5.74, 6) is 1.99. The Kier molecular flexibility index (Phi) is 7.88. The van der Waals surface area contributed by atoms with E-state index in [-0.39, 0.29) is 5.92 Å². The molecule has 0 aliphatic heterocycles. The Hall–Kier alpha value is -7.51. The first-order valence-electron chi connectivity index (χ1n) is 21.8. The number of aromatic nitrogens is 3. The van der Waals surface area contributed by atoms with E-state index in [1.807, 2.05) is 0 Å². The third-order valence-corrected chi connectivity index (χ3v) is 15.6. The van der Waals surface area contributed by atoms with Crippen molar-refractivity contribution >= 4 is 95.7 Å². The van der Waals surface area contributed by atoms with Crippen LogP contribution in [0.1, 0.15) is 29.0 Å². The molecule has 0 radical (unpaired) electrons. The summed E-state index contributed by atoms with van der Waals surface area (Å²) in [6.45, 7) is 0. The number of thiophene rings is 2. The van der Waals surface area contributed by atoms with Gasteiger partial charge in [0, 0.05) is 73.7 Å². The first kappa shape index (κ1) is 36.0. The number of aryl methyl sites for hydroxylation is 1. The van der Waals surface area contributed by atoms with Crippen molar-refractivity contribution in [1.82, 2.24) is 15.0 Å². The summed E-state index contributed by atoms with van der Waals surface area (Å²) >= 11 is 3.61. The molecule has 14 rings (SSSR count). The lowest BCUT2D eigenvalue weighted by molar-refractivity contribution is 0.667. The zero-order valence-electron chi connectivity index (χ0n) is 34.4. The fraction of sp³-hybridized carbons (Fsp3) is 0.0517. The summed E-state index contributed by atoms with van der Waals surface area (Å²) in [6.07, 6.45) is 1.89. The van der Waals surface area contributed by atoms with Crippen LogP contribution in [0, 0.1) is 0 Å². The molecule has 9 aromatic carbocycles. The quantitative estimate of drug-likeness (QED) is 0.177. The molecule has 0 saturated carbocycles. The van der Waals surface area contributed by atoms with Gasteiger partial charge in [0.05, 0.1) is 0 Å². The van der Waals surface area contributed by atoms with Crippen LogP contribution in [0.2, 0.25) is 0 Å². The van der Waals surface area contributed by atoms with Gasteiger partial charge in [-0.15, -0.1) is 22.7 Å². The molecule has 1 atom stereocenters. The zero-order chi connectivity index (χ0) is 41.9. The molecule has 4 nitrogen and oxygen atoms in total. The highest BCUT2D eigenvalue weighted by atomic mass is 32.1. The van der Waals surface area contributed by atoms with Crippen LogP contribution in [0.3, 0.4) is 0 Å². The first-order chi connectivity index (χ1) is 31.7. The highest BCUT2D eigenvalue weighted by Gasteiger charge is 2.28. The summed E-state index contributed by atoms with van der Waals surface area (Å²) in [5.41, 5.74) is 11.1. The standard InChI is InChI=1S/C58H35N3OS2/c1-2-12-34-28-47-35(27-33(34)11-1)21-24-41(39-13-3-4-14-40(39)47)48-29-38(30-50-55(48)46-17-5-8-18-49(46)62-50)58-60-56(36-22-25-44-42-15-6-9-19-51(42)63-53(44)31-36)59-57(61-58)37-23-26-45-43-16-7-10-20-52(43)64-54(45)32-37/h1-20,22-23,25-32,41H,21,24H2. The number of rotatable bonds is 4. The van der Waals surface area contributed by atoms with E-state index < -0.39 is 0 Å². The summed E-state index contributed by atoms with van der Waals surface area (Å²) in [4.78, 5) is 16.0. The van der Waals surface area contributed by atoms with Crippen LogP contribution in [-0.4, -0.2) is 15.0 Å². The van der Waals surface area contributed by atoms with Crippen LogP contribution in [0.25, 0.3) is 118 Å². The lowest BCUT2D eigenvalue weighted by atomic mass is 9.83. The monoisotopic (exact) mass is 853 g/mol. The largest absolute Gasteiger partial charge is 0.456 e. The molecule has 0 spiro atoms. The normalized spacial score (nSPS) is 14.0. The Morgan fingerprint density at radius 1 is 0.406 bits per heavy atom. The van der Waals surface area contributed by atoms with Gasteiger partial charge in [-0.05, 0) is 100.0 Å². The van der Waals surface area contributed by atoms with Gasteiger partial charge < -0.3 is 4.42 Å². The Labute approximate surface area is 375 Å². The highest BCUT2D eigenvalue weighted by molar-refractivity contribution is 7.26. The minimum atomic E-state index is 0.0849. The Balaban J connectivity index is 0.996. The van der Waals surface area contributed by atoms with E-state index in [1.165, 1.54) is 78.9 Å². The van der Waals surface area contributed by atoms with Gasteiger partial charge in [-0.2, -0.15) is 0 Å². The first-order valence-corrected chi connectivity index (χ1v) is 23.5. The van der Waals surface area contributed by atoms with Crippen LogP contribution in [-0.2, 0) is 6.42 Å². The van der Waals surface area contributed by atoms with E-state index in [4.69, 9.17) is 19.4 Å². The minimum Gasteiger partial charge on any atom is -0.456 e. The van der Waals surface area contributed by atoms with Crippen LogP contribution >= 0.6 is 22.7 Å². The topological polar surface area (TPSA) is 51.8 Å². The second-order valence-corrected chi connectivity index (χ2v) is 19.2. The summed E-state index contributed by atoms with van der Waals surface area (Å²) in [7, 11) is 0. The Morgan fingerprint density at radius 3 is 1.67 bits per heavy atom. The predicted molar refractivity (Wildman–Crippen MR) is 269 cm³/mol. The zero-order valence-corrected chi connectivity index (χ0v) is 36.0. The molecule has 1 unspecified atom stereocenters. The fourth-order valence-corrected chi connectivity index (χ4v) is 12.6. The molecule has 4 aromatic heterocycles. The molecule has 64 heavy (non-hydrogen) atoms. The maximum absolute atomic E-state index is 6.79. The molecule has 6 heteroatoms. The number of hydrogen-bond donors (Lipinski definition) is 0. The Bertz CT molecular complexity index is 3930. The van der Waals surface area contributed by atoms with Crippen molar-refractivity contribution in [2.75, 3.05) is 0 Å². The molecule has 300 valence electrons. The number of hydrogen-bond acceptors (Lipinski definition) is 6. The van der Waals surface area contributed by atoms with Crippen molar-refractivity contribution in [3.63, 3.8) is 0 Å². The third kappa shape index (κ3) is 5.62. The molecule has 0 saturated heterocycles. The van der Waals surface area contributed by atoms with Gasteiger partial charge in [0.15, 0.2) is 17.5 Å². The number of para-hydroxylation sites is 1. The second kappa shape index (κ2) is 14.0. The van der Waals surface area contributed by atoms with Crippen molar-refractivity contribution in [3.8, 4) is 45.3 Å². The van der Waals surface area contributed by atoms with Gasteiger partial charge in [-0.25, -0.2) is 15.0 Å². The Morgan fingerprint density at radius 2 is 0.969 bits per heavy atom. The van der Waals surface area contributed by atoms with Crippen molar-refractivity contribution in [1.29, 1.82) is 0 Å². The molecule has 0 fully saturated rings. The van der Waals surface area contributed by atoms with E-state index in [1.54, 1.807) is 22.7 Å². The average molecular weight is 854 g/mol. The van der Waals surface area contributed by atoms with Crippen molar-refractivity contribution in [2.45, 2.75) is 18.8 Å². The van der Waals surface area contributed by atoms with Gasteiger partial charge in [-0.3, -0.25) is 0 Å². The number of nitrogens with zero attached hydrogens (tertiary/aromatic N) is 3. The second-order valence-electron chi connectivity index (χ2n) is 17.0. The van der Waals surface area contributed by atoms with E-state index >= 15 is 0 Å². The van der Waals surface area contributed by atoms with Crippen LogP contribution < -0.4 is 0 Å².